The molecule has 1 fully saturated rings. The highest BCUT2D eigenvalue weighted by molar-refractivity contribution is 7.49. The van der Waals surface area contributed by atoms with E-state index in [1.807, 2.05) is 0 Å². The van der Waals surface area contributed by atoms with Crippen LogP contribution in [-0.2, 0) is 25.0 Å². The number of rotatable bonds is 5. The second-order valence-corrected chi connectivity index (χ2v) is 8.43. The maximum atomic E-state index is 15.7. The number of phosphoric ester groups is 1. The first-order chi connectivity index (χ1) is 15.7. The molecular weight excluding hydrogens is 462 g/mol. The normalized spacial score (nSPS) is 34.2. The summed E-state index contributed by atoms with van der Waals surface area (Å²) in [6.07, 6.45) is -5.95. The monoisotopic (exact) mass is 479 g/mol. The van der Waals surface area contributed by atoms with E-state index < -0.39 is 55.8 Å². The quantitative estimate of drug-likeness (QED) is 0.483. The Morgan fingerprint density at radius 2 is 2.32 bits per heavy atom. The smallest absolute Gasteiger partial charge is 0.404 e. The molecule has 2 aromatic rings. The number of carbonyl (C=O) groups excluding carboxylic acids is 1. The maximum absolute atomic E-state index is 15.7. The molecule has 2 aliphatic heterocycles. The number of hydrogen-bond acceptors (Lipinski definition) is 9. The summed E-state index contributed by atoms with van der Waals surface area (Å²) in [6, 6.07) is 4.14. The lowest BCUT2D eigenvalue weighted by atomic mass is 10.2. The minimum absolute atomic E-state index is 0.0221. The van der Waals surface area contributed by atoms with Crippen LogP contribution in [0.25, 0.3) is 0 Å². The molecule has 4 rings (SSSR count). The van der Waals surface area contributed by atoms with Crippen molar-refractivity contribution in [2.45, 2.75) is 31.2 Å². The predicted molar refractivity (Wildman–Crippen MR) is 102 cm³/mol. The predicted octanol–water partition coefficient (Wildman–Crippen LogP) is 1.68. The first-order valence-corrected chi connectivity index (χ1v) is 10.4. The minimum atomic E-state index is -4.78. The molecule has 0 amide bonds. The molecule has 14 heteroatoms. The van der Waals surface area contributed by atoms with Crippen molar-refractivity contribution < 1.29 is 41.3 Å². The van der Waals surface area contributed by atoms with Crippen molar-refractivity contribution >= 4 is 25.7 Å². The van der Waals surface area contributed by atoms with Gasteiger partial charge in [-0.1, -0.05) is 11.6 Å². The Kier molecular flexibility index (Phi) is 4.69. The zero-order valence-corrected chi connectivity index (χ0v) is 16.9. The Morgan fingerprint density at radius 1 is 1.55 bits per heavy atom. The van der Waals surface area contributed by atoms with E-state index in [1.165, 1.54) is 18.2 Å². The highest BCUT2D eigenvalue weighted by atomic mass is 35.5. The van der Waals surface area contributed by atoms with Gasteiger partial charge in [0.05, 0.1) is 16.3 Å². The van der Waals surface area contributed by atoms with Crippen molar-refractivity contribution in [1.29, 1.82) is 0 Å². The van der Waals surface area contributed by atoms with Crippen LogP contribution in [0.5, 0.6) is 5.75 Å². The van der Waals surface area contributed by atoms with Crippen LogP contribution < -0.4 is 15.8 Å². The summed E-state index contributed by atoms with van der Waals surface area (Å²) in [7, 11) is -4.78. The zero-order valence-electron chi connectivity index (χ0n) is 18.2. The molecule has 1 unspecified atom stereocenters. The Morgan fingerprint density at radius 3 is 3.06 bits per heavy atom. The van der Waals surface area contributed by atoms with Gasteiger partial charge >= 0.3 is 13.5 Å². The van der Waals surface area contributed by atoms with Crippen LogP contribution in [0.2, 0.25) is 5.02 Å². The summed E-state index contributed by atoms with van der Waals surface area (Å²) in [4.78, 5) is 36.5. The number of hydrogen-bond donors (Lipinski definition) is 2. The van der Waals surface area contributed by atoms with Crippen molar-refractivity contribution in [2.75, 3.05) is 6.56 Å². The molecule has 2 aliphatic rings. The number of halogens is 2. The van der Waals surface area contributed by atoms with E-state index in [0.29, 0.717) is 16.8 Å². The number of H-pyrrole nitrogens is 1. The molecule has 0 saturated carbocycles. The van der Waals surface area contributed by atoms with Gasteiger partial charge in [-0.25, -0.2) is 13.8 Å². The topological polar surface area (TPSA) is 146 Å². The molecule has 1 saturated heterocycles. The Hall–Kier alpha value is -2.34. The number of carbonyl (C=O) groups is 1. The van der Waals surface area contributed by atoms with E-state index in [4.69, 9.17) is 34.0 Å². The maximum Gasteiger partial charge on any atom is 0.530 e. The fraction of sp³-hybridized carbons (Fsp3) is 0.353. The van der Waals surface area contributed by atoms with E-state index in [2.05, 4.69) is 0 Å². The Labute approximate surface area is 182 Å². The van der Waals surface area contributed by atoms with Crippen LogP contribution in [0, 0.1) is 0 Å². The molecule has 0 bridgehead atoms. The van der Waals surface area contributed by atoms with Gasteiger partial charge in [-0.05, 0) is 18.2 Å². The summed E-state index contributed by atoms with van der Waals surface area (Å²) in [6.45, 7) is -4.04. The second-order valence-electron chi connectivity index (χ2n) is 6.48. The van der Waals surface area contributed by atoms with Gasteiger partial charge in [0.15, 0.2) is 12.5 Å². The summed E-state index contributed by atoms with van der Waals surface area (Å²) >= 11 is 5.85. The molecule has 4 atom stereocenters. The van der Waals surface area contributed by atoms with Crippen molar-refractivity contribution in [1.82, 2.24) is 9.55 Å². The molecular formula is C17H15ClFN2O9P. The third kappa shape index (κ3) is 4.36. The highest BCUT2D eigenvalue weighted by Gasteiger charge is 2.50. The van der Waals surface area contributed by atoms with Crippen LogP contribution in [0.4, 0.5) is 4.39 Å². The molecule has 31 heavy (non-hydrogen) atoms. The number of aliphatic hydroxyl groups excluding tert-OH is 1. The SMILES string of the molecule is [2H]C([2H])(OP1(=O)OCc2cc(Cl)ccc2O1)[C@]1(F)C[C@@H](O)[C@]([2H])(n2cc(C=O)c(=O)[nH]c2=O)O1. The lowest BCUT2D eigenvalue weighted by molar-refractivity contribution is -0.179. The van der Waals surface area contributed by atoms with Crippen LogP contribution in [0.1, 0.15) is 32.7 Å². The second kappa shape index (κ2) is 7.97. The lowest BCUT2D eigenvalue weighted by Gasteiger charge is -2.27. The van der Waals surface area contributed by atoms with Gasteiger partial charge in [0, 0.05) is 23.2 Å². The largest absolute Gasteiger partial charge is 0.530 e. The number of benzene rings is 1. The van der Waals surface area contributed by atoms with E-state index in [9.17, 15) is 24.1 Å². The summed E-state index contributed by atoms with van der Waals surface area (Å²) in [5.74, 6) is -3.69. The molecule has 1 aromatic heterocycles. The molecule has 2 N–H and O–H groups in total. The third-order valence-corrected chi connectivity index (χ3v) is 5.68. The first-order valence-electron chi connectivity index (χ1n) is 10.0. The van der Waals surface area contributed by atoms with Gasteiger partial charge in [-0.3, -0.25) is 28.2 Å². The first kappa shape index (κ1) is 18.3. The van der Waals surface area contributed by atoms with Gasteiger partial charge in [0.25, 0.3) is 5.56 Å². The van der Waals surface area contributed by atoms with Crippen molar-refractivity contribution in [2.24, 2.45) is 0 Å². The van der Waals surface area contributed by atoms with Gasteiger partial charge in [-0.15, -0.1) is 0 Å². The molecule has 166 valence electrons. The minimum Gasteiger partial charge on any atom is -0.404 e. The standard InChI is InChI=1S/C17H15ClFN2O9P/c18-11-1-2-13-9(3-11)7-27-31(26,30-13)28-8-17(19)4-12(23)15(29-17)21-5-10(6-22)14(24)20-16(21)25/h1-3,5-6,12,15,23H,4,7-8H2,(H,20,24,25)/t12-,15-,17+,31?/m1/s1/i8D2,15D. The lowest BCUT2D eigenvalue weighted by Crippen LogP contribution is -2.37. The molecule has 0 aliphatic carbocycles. The van der Waals surface area contributed by atoms with Crippen LogP contribution in [0.3, 0.4) is 0 Å². The zero-order chi connectivity index (χ0) is 25.1. The number of aldehydes is 1. The van der Waals surface area contributed by atoms with Crippen LogP contribution in [-0.4, -0.2) is 39.5 Å². The molecule has 1 aromatic carbocycles. The number of ether oxygens (including phenoxy) is 1. The van der Waals surface area contributed by atoms with E-state index in [1.54, 1.807) is 4.98 Å². The van der Waals surface area contributed by atoms with E-state index >= 15 is 4.39 Å². The fourth-order valence-corrected chi connectivity index (χ4v) is 4.13. The number of aromatic nitrogens is 2. The molecule has 0 radical (unpaired) electrons. The third-order valence-electron chi connectivity index (χ3n) is 4.26. The number of phosphoric acid groups is 1. The average Bonchev–Trinajstić information content (AvgIpc) is 2.98. The summed E-state index contributed by atoms with van der Waals surface area (Å²) in [5.41, 5.74) is -2.75. The summed E-state index contributed by atoms with van der Waals surface area (Å²) in [5, 5.41) is 10.6. The highest BCUT2D eigenvalue weighted by Crippen LogP contribution is 2.55. The van der Waals surface area contributed by atoms with Gasteiger partial charge < -0.3 is 14.4 Å². The van der Waals surface area contributed by atoms with E-state index in [-0.39, 0.29) is 23.2 Å². The average molecular weight is 480 g/mol. The van der Waals surface area contributed by atoms with Gasteiger partial charge in [-0.2, -0.15) is 0 Å². The fourth-order valence-electron chi connectivity index (χ4n) is 2.83. The van der Waals surface area contributed by atoms with Crippen molar-refractivity contribution in [3.05, 3.63) is 61.4 Å². The number of fused-ring (bicyclic) bond motifs is 1. The van der Waals surface area contributed by atoms with Crippen molar-refractivity contribution in [3.8, 4) is 5.75 Å². The number of aliphatic hydroxyl groups is 1. The van der Waals surface area contributed by atoms with Crippen LogP contribution >= 0.6 is 19.4 Å². The number of nitrogens with one attached hydrogen (secondary N) is 1. The van der Waals surface area contributed by atoms with E-state index in [0.717, 1.165) is 0 Å². The van der Waals surface area contributed by atoms with Crippen LogP contribution in [0.15, 0.2) is 34.0 Å². The Balaban J connectivity index is 1.64. The Bertz CT molecular complexity index is 1340. The van der Waals surface area contributed by atoms with Crippen molar-refractivity contribution in [3.63, 3.8) is 0 Å². The van der Waals surface area contributed by atoms with Gasteiger partial charge in [0.2, 0.25) is 5.85 Å². The number of aromatic amines is 1. The summed E-state index contributed by atoms with van der Waals surface area (Å²) < 4.78 is 72.6. The van der Waals surface area contributed by atoms with Gasteiger partial charge in [0.1, 0.15) is 18.4 Å². The molecule has 0 spiro atoms. The molecule has 11 nitrogen and oxygen atoms in total. The number of nitrogens with zero attached hydrogens (tertiary/aromatic N) is 1. The number of alkyl halides is 1. The molecule has 3 heterocycles.